The van der Waals surface area contributed by atoms with E-state index in [1.165, 1.54) is 0 Å². The van der Waals surface area contributed by atoms with Gasteiger partial charge in [-0.1, -0.05) is 3.89 Å². The van der Waals surface area contributed by atoms with Gasteiger partial charge in [0.15, 0.2) is 23.0 Å². The van der Waals surface area contributed by atoms with Crippen molar-refractivity contribution in [1.29, 1.82) is 0 Å². The van der Waals surface area contributed by atoms with E-state index in [0.29, 0.717) is 0 Å². The van der Waals surface area contributed by atoms with Crippen molar-refractivity contribution >= 4 is 39.2 Å². The maximum Gasteiger partial charge on any atom is 0.471 e. The molecule has 0 aromatic heterocycles. The normalized spacial score (nSPS) is 12.7. The minimum absolute atomic E-state index is 0.718. The quantitative estimate of drug-likeness (QED) is 0.558. The molecule has 0 rings (SSSR count). The van der Waals surface area contributed by atoms with E-state index in [9.17, 15) is 25.9 Å². The molecule has 0 amide bonds. The topological polar surface area (TPSA) is 60.4 Å². The molecule has 0 aromatic carbocycles. The summed E-state index contributed by atoms with van der Waals surface area (Å²) in [5.41, 5.74) is 0. The van der Waals surface area contributed by atoms with Crippen LogP contribution in [-0.2, 0) is 18.1 Å². The first-order chi connectivity index (χ1) is 4.73. The van der Waals surface area contributed by atoms with Gasteiger partial charge in [0.05, 0.1) is 0 Å². The zero-order valence-corrected chi connectivity index (χ0v) is 7.53. The van der Waals surface area contributed by atoms with Crippen molar-refractivity contribution in [3.05, 3.63) is 0 Å². The van der Waals surface area contributed by atoms with Gasteiger partial charge in [-0.3, -0.25) is 0 Å². The molecule has 0 aliphatic rings. The van der Waals surface area contributed by atoms with Crippen LogP contribution < -0.4 is 0 Å². The second-order valence-electron chi connectivity index (χ2n) is 1.32. The van der Waals surface area contributed by atoms with Gasteiger partial charge in [-0.15, -0.1) is 0 Å². The number of carbonyl (C=O) groups is 1. The molecule has 9 heteroatoms. The van der Waals surface area contributed by atoms with Crippen LogP contribution in [0.5, 0.6) is 0 Å². The van der Waals surface area contributed by atoms with Crippen LogP contribution in [0.2, 0.25) is 0 Å². The van der Waals surface area contributed by atoms with Gasteiger partial charge in [0, 0.05) is 0 Å². The fourth-order valence-corrected chi connectivity index (χ4v) is 0.811. The number of hydrogen-bond donors (Lipinski definition) is 0. The largest absolute Gasteiger partial charge is 0.471 e. The molecule has 0 atom stereocenters. The first-order valence-corrected chi connectivity index (χ1v) is 4.15. The number of alkyl halides is 2. The van der Waals surface area contributed by atoms with Crippen molar-refractivity contribution in [3.8, 4) is 0 Å². The molecule has 0 aromatic rings. The van der Waals surface area contributed by atoms with E-state index in [2.05, 4.69) is 3.07 Å². The van der Waals surface area contributed by atoms with Crippen LogP contribution in [0, 0.1) is 0 Å². The predicted octanol–water partition coefficient (Wildman–Crippen LogP) is 0.772. The first-order valence-electron chi connectivity index (χ1n) is 1.88. The van der Waals surface area contributed by atoms with Crippen LogP contribution >= 0.6 is 23.0 Å². The van der Waals surface area contributed by atoms with Crippen molar-refractivity contribution in [2.75, 3.05) is 0 Å². The lowest BCUT2D eigenvalue weighted by molar-refractivity contribution is -0.147. The number of halogens is 4. The van der Waals surface area contributed by atoms with E-state index in [0.717, 1.165) is 23.0 Å². The Morgan fingerprint density at radius 1 is 1.45 bits per heavy atom. The van der Waals surface area contributed by atoms with Gasteiger partial charge in [-0.25, -0.2) is 4.79 Å². The molecule has 0 saturated carbocycles. The molecular formula is C2F3IO4S. The van der Waals surface area contributed by atoms with Gasteiger partial charge in [0.2, 0.25) is 0 Å². The summed E-state index contributed by atoms with van der Waals surface area (Å²) in [7, 11) is -6.23. The third kappa shape index (κ3) is 2.18. The predicted molar refractivity (Wildman–Crippen MR) is 35.1 cm³/mol. The van der Waals surface area contributed by atoms with Crippen LogP contribution in [0.25, 0.3) is 0 Å². The Hall–Kier alpha value is -0.0600. The summed E-state index contributed by atoms with van der Waals surface area (Å²) in [6.45, 7) is 0. The highest BCUT2D eigenvalue weighted by atomic mass is 127. The standard InChI is InChI=1S/C2F3IO4S/c3-2(4,1(7)10-6)11(5,8)9. The summed E-state index contributed by atoms with van der Waals surface area (Å²) in [6, 6.07) is 0. The highest BCUT2D eigenvalue weighted by molar-refractivity contribution is 14.1. The van der Waals surface area contributed by atoms with Crippen LogP contribution in [0.3, 0.4) is 0 Å². The lowest BCUT2D eigenvalue weighted by Crippen LogP contribution is -2.35. The molecule has 0 bridgehead atoms. The van der Waals surface area contributed by atoms with Gasteiger partial charge < -0.3 is 3.07 Å². The number of hydrogen-bond acceptors (Lipinski definition) is 4. The summed E-state index contributed by atoms with van der Waals surface area (Å²) in [5, 5.41) is -5.12. The van der Waals surface area contributed by atoms with Crippen molar-refractivity contribution in [2.24, 2.45) is 0 Å². The Labute approximate surface area is 73.6 Å². The smallest absolute Gasteiger partial charge is 0.389 e. The fourth-order valence-electron chi connectivity index (χ4n) is 0.144. The zero-order chi connectivity index (χ0) is 9.28. The fraction of sp³-hybridized carbons (Fsp3) is 0.500. The molecule has 0 aliphatic heterocycles. The molecule has 0 N–H and O–H groups in total. The second-order valence-corrected chi connectivity index (χ2v) is 3.15. The Kier molecular flexibility index (Phi) is 3.11. The average molecular weight is 304 g/mol. The van der Waals surface area contributed by atoms with Gasteiger partial charge in [0.25, 0.3) is 0 Å². The minimum atomic E-state index is -6.23. The van der Waals surface area contributed by atoms with Gasteiger partial charge in [-0.2, -0.15) is 17.2 Å². The highest BCUT2D eigenvalue weighted by Gasteiger charge is 2.55. The third-order valence-electron chi connectivity index (χ3n) is 0.614. The number of rotatable bonds is 2. The zero-order valence-electron chi connectivity index (χ0n) is 4.55. The third-order valence-corrected chi connectivity index (χ3v) is 1.79. The molecule has 0 spiro atoms. The highest BCUT2D eigenvalue weighted by Crippen LogP contribution is 2.25. The lowest BCUT2D eigenvalue weighted by atomic mass is 10.7. The molecule has 11 heavy (non-hydrogen) atoms. The summed E-state index contributed by atoms with van der Waals surface area (Å²) < 4.78 is 57.7. The maximum atomic E-state index is 11.9. The molecule has 0 aliphatic carbocycles. The van der Waals surface area contributed by atoms with Crippen LogP contribution in [-0.4, -0.2) is 19.6 Å². The molecule has 66 valence electrons. The van der Waals surface area contributed by atoms with Gasteiger partial charge in [-0.05, 0) is 0 Å². The molecule has 0 fully saturated rings. The van der Waals surface area contributed by atoms with E-state index in [-0.39, 0.29) is 0 Å². The van der Waals surface area contributed by atoms with Gasteiger partial charge in [0.1, 0.15) is 0 Å². The van der Waals surface area contributed by atoms with Crippen molar-refractivity contribution in [2.45, 2.75) is 5.25 Å². The lowest BCUT2D eigenvalue weighted by Gasteiger charge is -2.05. The summed E-state index contributed by atoms with van der Waals surface area (Å²) in [6.07, 6.45) is 0. The van der Waals surface area contributed by atoms with E-state index in [1.807, 2.05) is 0 Å². The summed E-state index contributed by atoms with van der Waals surface area (Å²) in [4.78, 5) is 9.88. The molecular weight excluding hydrogens is 304 g/mol. The van der Waals surface area contributed by atoms with Crippen LogP contribution in [0.15, 0.2) is 0 Å². The van der Waals surface area contributed by atoms with E-state index in [1.54, 1.807) is 0 Å². The molecule has 0 saturated heterocycles. The van der Waals surface area contributed by atoms with E-state index >= 15 is 0 Å². The molecule has 0 heterocycles. The minimum Gasteiger partial charge on any atom is -0.389 e. The Morgan fingerprint density at radius 3 is 1.91 bits per heavy atom. The number of carbonyl (C=O) groups excluding carboxylic acids is 1. The monoisotopic (exact) mass is 304 g/mol. The van der Waals surface area contributed by atoms with E-state index in [4.69, 9.17) is 0 Å². The van der Waals surface area contributed by atoms with Crippen molar-refractivity contribution < 1.29 is 28.9 Å². The SMILES string of the molecule is O=C(OI)C(F)(F)S(=O)(=O)F. The summed E-state index contributed by atoms with van der Waals surface area (Å²) in [5.74, 6) is -2.46. The van der Waals surface area contributed by atoms with Gasteiger partial charge >= 0.3 is 21.4 Å². The second kappa shape index (κ2) is 3.13. The molecule has 0 radical (unpaired) electrons. The molecule has 4 nitrogen and oxygen atoms in total. The average Bonchev–Trinajstić information content (AvgIpc) is 1.83. The maximum absolute atomic E-state index is 11.9. The Morgan fingerprint density at radius 2 is 1.82 bits per heavy atom. The summed E-state index contributed by atoms with van der Waals surface area (Å²) >= 11 is 0.718. The van der Waals surface area contributed by atoms with Crippen molar-refractivity contribution in [3.63, 3.8) is 0 Å². The van der Waals surface area contributed by atoms with Crippen molar-refractivity contribution in [1.82, 2.24) is 0 Å². The first kappa shape index (κ1) is 10.9. The van der Waals surface area contributed by atoms with Crippen LogP contribution in [0.1, 0.15) is 0 Å². The van der Waals surface area contributed by atoms with Crippen LogP contribution in [0.4, 0.5) is 12.7 Å². The Bertz CT molecular complexity index is 259. The Balaban J connectivity index is 4.90. The molecule has 0 unspecified atom stereocenters. The van der Waals surface area contributed by atoms with E-state index < -0.39 is 21.4 Å².